The molecule has 0 atom stereocenters. The zero-order valence-corrected chi connectivity index (χ0v) is 26.3. The van der Waals surface area contributed by atoms with E-state index >= 15 is 0 Å². The van der Waals surface area contributed by atoms with Crippen LogP contribution in [0.15, 0.2) is 57.7 Å². The minimum Gasteiger partial charge on any atom is -0.493 e. The first kappa shape index (κ1) is 32.1. The lowest BCUT2D eigenvalue weighted by Crippen LogP contribution is -2.38. The Bertz CT molecular complexity index is 1180. The zero-order chi connectivity index (χ0) is 28.6. The molecule has 0 aliphatic carbocycles. The number of hydrogen-bond acceptors (Lipinski definition) is 5. The molecule has 0 radical (unpaired) electrons. The van der Waals surface area contributed by atoms with Crippen molar-refractivity contribution in [3.63, 3.8) is 0 Å². The van der Waals surface area contributed by atoms with Gasteiger partial charge in [-0.05, 0) is 68.6 Å². The van der Waals surface area contributed by atoms with Gasteiger partial charge in [0.05, 0.1) is 12.2 Å². The van der Waals surface area contributed by atoms with Crippen LogP contribution in [-0.2, 0) is 15.3 Å². The fourth-order valence-electron chi connectivity index (χ4n) is 5.25. The van der Waals surface area contributed by atoms with Crippen molar-refractivity contribution in [3.8, 4) is 16.9 Å². The first-order chi connectivity index (χ1) is 19.5. The van der Waals surface area contributed by atoms with Crippen LogP contribution in [0.3, 0.4) is 0 Å². The van der Waals surface area contributed by atoms with Crippen molar-refractivity contribution in [2.24, 2.45) is 0 Å². The molecule has 0 saturated carbocycles. The van der Waals surface area contributed by atoms with E-state index in [1.165, 1.54) is 63.4 Å². The fourth-order valence-corrected chi connectivity index (χ4v) is 7.74. The van der Waals surface area contributed by atoms with Gasteiger partial charge in [0.15, 0.2) is 0 Å². The van der Waals surface area contributed by atoms with Crippen LogP contribution in [0.5, 0.6) is 5.75 Å². The zero-order valence-electron chi connectivity index (χ0n) is 25.3. The van der Waals surface area contributed by atoms with Gasteiger partial charge in [-0.1, -0.05) is 89.0 Å². The van der Waals surface area contributed by atoms with Crippen molar-refractivity contribution in [3.05, 3.63) is 64.5 Å². The molecule has 0 fully saturated rings. The van der Waals surface area contributed by atoms with Gasteiger partial charge in [0.2, 0.25) is 0 Å². The molecule has 0 bridgehead atoms. The van der Waals surface area contributed by atoms with Gasteiger partial charge in [0.25, 0.3) is 0 Å². The number of rotatable bonds is 20. The van der Waals surface area contributed by atoms with Crippen LogP contribution in [0.1, 0.15) is 90.5 Å². The number of benzene rings is 2. The lowest BCUT2D eigenvalue weighted by atomic mass is 10.0. The molecule has 0 N–H and O–H groups in total. The Balaban J connectivity index is 1.27. The maximum atomic E-state index is 12.6. The molecule has 0 saturated heterocycles. The SMILES string of the molecule is CCO[Si](C)(CCCCCCCCCCCCOc1ccc2cc(-c3ccc(CC)cc3)c(=O)oc2c1)OCC. The van der Waals surface area contributed by atoms with Crippen LogP contribution in [0.25, 0.3) is 22.1 Å². The van der Waals surface area contributed by atoms with E-state index in [2.05, 4.69) is 39.5 Å². The number of aryl methyl sites for hydroxylation is 1. The summed E-state index contributed by atoms with van der Waals surface area (Å²) in [5, 5.41) is 0.901. The molecule has 1 aromatic heterocycles. The van der Waals surface area contributed by atoms with Crippen molar-refractivity contribution in [1.29, 1.82) is 0 Å². The van der Waals surface area contributed by atoms with Crippen molar-refractivity contribution < 1.29 is 18.0 Å². The smallest absolute Gasteiger partial charge is 0.344 e. The molecule has 1 heterocycles. The number of unbranched alkanes of at least 4 members (excludes halogenated alkanes) is 9. The second kappa shape index (κ2) is 17.4. The third-order valence-electron chi connectivity index (χ3n) is 7.57. The van der Waals surface area contributed by atoms with Crippen LogP contribution < -0.4 is 10.4 Å². The monoisotopic (exact) mass is 566 g/mol. The number of hydrogen-bond donors (Lipinski definition) is 0. The van der Waals surface area contributed by atoms with Gasteiger partial charge in [0.1, 0.15) is 11.3 Å². The lowest BCUT2D eigenvalue weighted by molar-refractivity contribution is 0.188. The average molecular weight is 567 g/mol. The highest BCUT2D eigenvalue weighted by molar-refractivity contribution is 6.66. The van der Waals surface area contributed by atoms with E-state index in [1.54, 1.807) is 0 Å². The van der Waals surface area contributed by atoms with E-state index < -0.39 is 8.56 Å². The highest BCUT2D eigenvalue weighted by atomic mass is 28.4. The Kier molecular flexibility index (Phi) is 14.0. The molecule has 220 valence electrons. The Labute approximate surface area is 242 Å². The van der Waals surface area contributed by atoms with Gasteiger partial charge in [0, 0.05) is 24.7 Å². The second-order valence-corrected chi connectivity index (χ2v) is 14.2. The lowest BCUT2D eigenvalue weighted by Gasteiger charge is -2.25. The molecule has 0 amide bonds. The first-order valence-electron chi connectivity index (χ1n) is 15.6. The fraction of sp³-hybridized carbons (Fsp3) is 0.559. The Morgan fingerprint density at radius 2 is 1.32 bits per heavy atom. The molecule has 0 aliphatic heterocycles. The largest absolute Gasteiger partial charge is 0.493 e. The van der Waals surface area contributed by atoms with Gasteiger partial charge in [-0.3, -0.25) is 0 Å². The highest BCUT2D eigenvalue weighted by Gasteiger charge is 2.29. The molecule has 3 aromatic rings. The highest BCUT2D eigenvalue weighted by Crippen LogP contribution is 2.25. The molecule has 0 spiro atoms. The van der Waals surface area contributed by atoms with Crippen molar-refractivity contribution in [1.82, 2.24) is 0 Å². The Hall–Kier alpha value is -2.41. The maximum Gasteiger partial charge on any atom is 0.344 e. The maximum absolute atomic E-state index is 12.6. The van der Waals surface area contributed by atoms with Crippen molar-refractivity contribution in [2.75, 3.05) is 19.8 Å². The van der Waals surface area contributed by atoms with Crippen molar-refractivity contribution >= 4 is 19.5 Å². The van der Waals surface area contributed by atoms with Gasteiger partial charge < -0.3 is 18.0 Å². The van der Waals surface area contributed by atoms with Crippen LogP contribution in [0.2, 0.25) is 12.6 Å². The van der Waals surface area contributed by atoms with Crippen molar-refractivity contribution in [2.45, 2.75) is 104 Å². The molecular weight excluding hydrogens is 516 g/mol. The van der Waals surface area contributed by atoms with Gasteiger partial charge in [-0.2, -0.15) is 0 Å². The van der Waals surface area contributed by atoms with Crippen LogP contribution >= 0.6 is 0 Å². The summed E-state index contributed by atoms with van der Waals surface area (Å²) in [7, 11) is -1.93. The quantitative estimate of drug-likeness (QED) is 0.0774. The predicted molar refractivity (Wildman–Crippen MR) is 169 cm³/mol. The molecule has 2 aromatic carbocycles. The third-order valence-corrected chi connectivity index (χ3v) is 10.6. The molecule has 40 heavy (non-hydrogen) atoms. The predicted octanol–water partition coefficient (Wildman–Crippen LogP) is 9.45. The summed E-state index contributed by atoms with van der Waals surface area (Å²) in [5.74, 6) is 0.751. The minimum absolute atomic E-state index is 0.318. The summed E-state index contributed by atoms with van der Waals surface area (Å²) in [6.07, 6.45) is 13.5. The number of fused-ring (bicyclic) bond motifs is 1. The van der Waals surface area contributed by atoms with E-state index in [9.17, 15) is 4.79 Å². The standard InChI is InChI=1S/C34H50O5Si/c1-5-28-18-20-29(21-19-28)32-26-30-22-23-31(27-33(30)39-34(32)35)36-24-16-14-12-10-8-9-11-13-15-17-25-40(4,37-6-2)38-7-3/h18-23,26-27H,5-17,24-25H2,1-4H3. The number of ether oxygens (including phenoxy) is 1. The van der Waals surface area contributed by atoms with Crippen LogP contribution in [-0.4, -0.2) is 28.4 Å². The first-order valence-corrected chi connectivity index (χ1v) is 18.1. The van der Waals surface area contributed by atoms with E-state index in [0.717, 1.165) is 48.8 Å². The third kappa shape index (κ3) is 10.5. The Morgan fingerprint density at radius 1 is 0.725 bits per heavy atom. The summed E-state index contributed by atoms with van der Waals surface area (Å²) >= 11 is 0. The normalized spacial score (nSPS) is 11.8. The minimum atomic E-state index is -1.93. The Morgan fingerprint density at radius 3 is 1.93 bits per heavy atom. The van der Waals surface area contributed by atoms with E-state index in [-0.39, 0.29) is 5.63 Å². The molecular formula is C34H50O5Si. The van der Waals surface area contributed by atoms with Crippen LogP contribution in [0.4, 0.5) is 0 Å². The molecule has 0 unspecified atom stereocenters. The van der Waals surface area contributed by atoms with Gasteiger partial charge >= 0.3 is 14.2 Å². The second-order valence-electron chi connectivity index (χ2n) is 10.8. The average Bonchev–Trinajstić information content (AvgIpc) is 2.95. The molecule has 6 heteroatoms. The van der Waals surface area contributed by atoms with Crippen LogP contribution in [0, 0.1) is 0 Å². The van der Waals surface area contributed by atoms with Gasteiger partial charge in [-0.15, -0.1) is 0 Å². The summed E-state index contributed by atoms with van der Waals surface area (Å²) in [4.78, 5) is 12.6. The summed E-state index contributed by atoms with van der Waals surface area (Å²) in [5.41, 5.74) is 2.97. The topological polar surface area (TPSA) is 57.9 Å². The molecule has 3 rings (SSSR count). The van der Waals surface area contributed by atoms with E-state index in [1.807, 2.05) is 36.4 Å². The van der Waals surface area contributed by atoms with Gasteiger partial charge in [-0.25, -0.2) is 4.79 Å². The van der Waals surface area contributed by atoms with E-state index in [0.29, 0.717) is 17.8 Å². The summed E-state index contributed by atoms with van der Waals surface area (Å²) < 4.78 is 23.5. The summed E-state index contributed by atoms with van der Waals surface area (Å²) in [6.45, 7) is 10.6. The molecule has 0 aliphatic rings. The van der Waals surface area contributed by atoms with E-state index in [4.69, 9.17) is 18.0 Å². The molecule has 5 nitrogen and oxygen atoms in total. The summed E-state index contributed by atoms with van der Waals surface area (Å²) in [6, 6.07) is 16.9.